The lowest BCUT2D eigenvalue weighted by atomic mass is 10.1. The van der Waals surface area contributed by atoms with E-state index in [-0.39, 0.29) is 17.3 Å². The molecule has 16 heavy (non-hydrogen) atoms. The number of carbonyl (C=O) groups is 2. The summed E-state index contributed by atoms with van der Waals surface area (Å²) in [6.07, 6.45) is 1.62. The highest BCUT2D eigenvalue weighted by molar-refractivity contribution is 6.21. The lowest BCUT2D eigenvalue weighted by molar-refractivity contribution is -0.127. The summed E-state index contributed by atoms with van der Waals surface area (Å²) < 4.78 is 0. The van der Waals surface area contributed by atoms with Crippen molar-refractivity contribution in [2.45, 2.75) is 6.92 Å². The summed E-state index contributed by atoms with van der Waals surface area (Å²) in [5, 5.41) is 0. The number of ketones is 1. The zero-order valence-corrected chi connectivity index (χ0v) is 9.73. The number of benzene rings is 1. The smallest absolute Gasteiger partial charge is 0.256 e. The average molecular weight is 217 g/mol. The molecule has 0 saturated heterocycles. The normalized spacial score (nSPS) is 11.1. The van der Waals surface area contributed by atoms with Crippen molar-refractivity contribution in [1.82, 2.24) is 4.90 Å². The molecule has 1 aromatic carbocycles. The largest absolute Gasteiger partial charge is 0.345 e. The highest BCUT2D eigenvalue weighted by Gasteiger charge is 2.15. The minimum atomic E-state index is -0.267. The topological polar surface area (TPSA) is 37.4 Å². The standard InChI is InChI=1S/C13H15NO2/c1-10(15)12(13(16)14(2)3)9-11-7-5-4-6-8-11/h4-9H,1-3H3/b12-9-. The third-order valence-electron chi connectivity index (χ3n) is 2.13. The molecule has 0 unspecified atom stereocenters. The molecule has 3 nitrogen and oxygen atoms in total. The number of Topliss-reactive ketones (excluding diaryl/α,β-unsaturated/α-hetero) is 1. The first-order valence-corrected chi connectivity index (χ1v) is 5.01. The van der Waals surface area contributed by atoms with Crippen LogP contribution >= 0.6 is 0 Å². The fourth-order valence-corrected chi connectivity index (χ4v) is 1.27. The van der Waals surface area contributed by atoms with Crippen molar-refractivity contribution in [2.24, 2.45) is 0 Å². The van der Waals surface area contributed by atoms with Crippen molar-refractivity contribution in [3.63, 3.8) is 0 Å². The molecule has 0 atom stereocenters. The average Bonchev–Trinajstić information content (AvgIpc) is 2.26. The van der Waals surface area contributed by atoms with Gasteiger partial charge in [0.25, 0.3) is 5.91 Å². The Morgan fingerprint density at radius 3 is 2.12 bits per heavy atom. The van der Waals surface area contributed by atoms with Gasteiger partial charge in [0.2, 0.25) is 0 Å². The van der Waals surface area contributed by atoms with Crippen LogP contribution in [-0.2, 0) is 9.59 Å². The van der Waals surface area contributed by atoms with Crippen LogP contribution in [0.2, 0.25) is 0 Å². The highest BCUT2D eigenvalue weighted by Crippen LogP contribution is 2.09. The maximum absolute atomic E-state index is 11.7. The third-order valence-corrected chi connectivity index (χ3v) is 2.13. The van der Waals surface area contributed by atoms with Gasteiger partial charge >= 0.3 is 0 Å². The van der Waals surface area contributed by atoms with E-state index >= 15 is 0 Å². The predicted molar refractivity (Wildman–Crippen MR) is 63.8 cm³/mol. The molecule has 84 valence electrons. The first-order chi connectivity index (χ1) is 7.52. The molecule has 0 bridgehead atoms. The maximum atomic E-state index is 11.7. The number of rotatable bonds is 3. The zero-order chi connectivity index (χ0) is 12.1. The zero-order valence-electron chi connectivity index (χ0n) is 9.73. The first kappa shape index (κ1) is 12.2. The SMILES string of the molecule is CC(=O)/C(=C/c1ccccc1)C(=O)N(C)C. The Bertz CT molecular complexity index is 419. The van der Waals surface area contributed by atoms with E-state index < -0.39 is 0 Å². The predicted octanol–water partition coefficient (Wildman–Crippen LogP) is 1.75. The second-order valence-corrected chi connectivity index (χ2v) is 3.72. The molecule has 0 aromatic heterocycles. The van der Waals surface area contributed by atoms with Gasteiger partial charge in [-0.3, -0.25) is 9.59 Å². The second kappa shape index (κ2) is 5.26. The maximum Gasteiger partial charge on any atom is 0.256 e. The molecule has 0 radical (unpaired) electrons. The minimum Gasteiger partial charge on any atom is -0.345 e. The van der Waals surface area contributed by atoms with E-state index in [0.717, 1.165) is 5.56 Å². The number of hydrogen-bond acceptors (Lipinski definition) is 2. The molecule has 1 rings (SSSR count). The fraction of sp³-hybridized carbons (Fsp3) is 0.231. The molecule has 0 N–H and O–H groups in total. The van der Waals surface area contributed by atoms with E-state index in [0.29, 0.717) is 0 Å². The van der Waals surface area contributed by atoms with Gasteiger partial charge < -0.3 is 4.90 Å². The van der Waals surface area contributed by atoms with Gasteiger partial charge in [0.1, 0.15) is 0 Å². The Morgan fingerprint density at radius 2 is 1.69 bits per heavy atom. The van der Waals surface area contributed by atoms with Gasteiger partial charge in [-0.1, -0.05) is 30.3 Å². The minimum absolute atomic E-state index is 0.205. The van der Waals surface area contributed by atoms with Gasteiger partial charge in [0.05, 0.1) is 5.57 Å². The van der Waals surface area contributed by atoms with Gasteiger partial charge in [0.15, 0.2) is 5.78 Å². The van der Waals surface area contributed by atoms with E-state index in [4.69, 9.17) is 0 Å². The molecule has 0 aliphatic heterocycles. The van der Waals surface area contributed by atoms with Crippen LogP contribution in [0.15, 0.2) is 35.9 Å². The summed E-state index contributed by atoms with van der Waals surface area (Å²) in [7, 11) is 3.26. The number of hydrogen-bond donors (Lipinski definition) is 0. The van der Waals surface area contributed by atoms with Crippen LogP contribution in [-0.4, -0.2) is 30.7 Å². The molecular weight excluding hydrogens is 202 g/mol. The first-order valence-electron chi connectivity index (χ1n) is 5.01. The van der Waals surface area contributed by atoms with Crippen molar-refractivity contribution in [3.05, 3.63) is 41.5 Å². The van der Waals surface area contributed by atoms with Gasteiger partial charge in [-0.25, -0.2) is 0 Å². The van der Waals surface area contributed by atoms with Gasteiger partial charge in [0, 0.05) is 14.1 Å². The summed E-state index contributed by atoms with van der Waals surface area (Å²) in [5.41, 5.74) is 1.05. The number of carbonyl (C=O) groups excluding carboxylic acids is 2. The van der Waals surface area contributed by atoms with Gasteiger partial charge in [-0.05, 0) is 18.6 Å². The molecule has 1 aromatic rings. The summed E-state index contributed by atoms with van der Waals surface area (Å²) >= 11 is 0. The molecule has 0 saturated carbocycles. The Kier molecular flexibility index (Phi) is 4.00. The molecule has 0 spiro atoms. The molecule has 0 heterocycles. The molecule has 0 fully saturated rings. The Morgan fingerprint density at radius 1 is 1.12 bits per heavy atom. The lowest BCUT2D eigenvalue weighted by Gasteiger charge is -2.11. The van der Waals surface area contributed by atoms with E-state index in [1.54, 1.807) is 20.2 Å². The third kappa shape index (κ3) is 3.05. The molecule has 3 heteroatoms. The second-order valence-electron chi connectivity index (χ2n) is 3.72. The Hall–Kier alpha value is -1.90. The number of amides is 1. The van der Waals surface area contributed by atoms with E-state index in [9.17, 15) is 9.59 Å². The molecule has 1 amide bonds. The monoisotopic (exact) mass is 217 g/mol. The van der Waals surface area contributed by atoms with E-state index in [2.05, 4.69) is 0 Å². The van der Waals surface area contributed by atoms with Crippen molar-refractivity contribution >= 4 is 17.8 Å². The Labute approximate surface area is 95.4 Å². The van der Waals surface area contributed by atoms with Crippen LogP contribution < -0.4 is 0 Å². The molecular formula is C13H15NO2. The van der Waals surface area contributed by atoms with E-state index in [1.165, 1.54) is 11.8 Å². The van der Waals surface area contributed by atoms with Crippen LogP contribution in [0.3, 0.4) is 0 Å². The van der Waals surface area contributed by atoms with Crippen molar-refractivity contribution in [3.8, 4) is 0 Å². The summed E-state index contributed by atoms with van der Waals surface area (Å²) in [4.78, 5) is 24.5. The number of likely N-dealkylation sites (N-methyl/N-ethyl adjacent to an activating group) is 1. The molecule has 0 aliphatic carbocycles. The van der Waals surface area contributed by atoms with E-state index in [1.807, 2.05) is 30.3 Å². The lowest BCUT2D eigenvalue weighted by Crippen LogP contribution is -2.26. The highest BCUT2D eigenvalue weighted by atomic mass is 16.2. The number of nitrogens with zero attached hydrogens (tertiary/aromatic N) is 1. The summed E-state index contributed by atoms with van der Waals surface area (Å²) in [6.45, 7) is 1.40. The van der Waals surface area contributed by atoms with Crippen molar-refractivity contribution < 1.29 is 9.59 Å². The van der Waals surface area contributed by atoms with Crippen molar-refractivity contribution in [1.29, 1.82) is 0 Å². The van der Waals surface area contributed by atoms with Crippen LogP contribution in [0.25, 0.3) is 6.08 Å². The van der Waals surface area contributed by atoms with Gasteiger partial charge in [-0.15, -0.1) is 0 Å². The van der Waals surface area contributed by atoms with Crippen molar-refractivity contribution in [2.75, 3.05) is 14.1 Å². The summed E-state index contributed by atoms with van der Waals surface area (Å²) in [6, 6.07) is 9.32. The quantitative estimate of drug-likeness (QED) is 0.439. The van der Waals surface area contributed by atoms with Crippen LogP contribution in [0.4, 0.5) is 0 Å². The fourth-order valence-electron chi connectivity index (χ4n) is 1.27. The van der Waals surface area contributed by atoms with Crippen LogP contribution in [0, 0.1) is 0 Å². The van der Waals surface area contributed by atoms with Gasteiger partial charge in [-0.2, -0.15) is 0 Å². The summed E-state index contributed by atoms with van der Waals surface area (Å²) in [5.74, 6) is -0.487. The molecule has 0 aliphatic rings. The van der Waals surface area contributed by atoms with Crippen LogP contribution in [0.1, 0.15) is 12.5 Å². The van der Waals surface area contributed by atoms with Crippen LogP contribution in [0.5, 0.6) is 0 Å². The Balaban J connectivity index is 3.09.